The maximum absolute atomic E-state index is 13.2. The van der Waals surface area contributed by atoms with E-state index >= 15 is 0 Å². The molecule has 1 aromatic heterocycles. The molecule has 23 heavy (non-hydrogen) atoms. The number of rotatable bonds is 2. The normalized spacial score (nSPS) is 24.0. The molecule has 1 saturated carbocycles. The Kier molecular flexibility index (Phi) is 3.53. The van der Waals surface area contributed by atoms with Crippen molar-refractivity contribution in [3.05, 3.63) is 29.5 Å². The van der Waals surface area contributed by atoms with Crippen LogP contribution < -0.4 is 4.74 Å². The van der Waals surface area contributed by atoms with E-state index in [0.717, 1.165) is 36.0 Å². The Labute approximate surface area is 135 Å². The second-order valence-corrected chi connectivity index (χ2v) is 6.30. The number of hydrogen-bond acceptors (Lipinski definition) is 4. The maximum atomic E-state index is 13.2. The lowest BCUT2D eigenvalue weighted by Crippen LogP contribution is -2.51. The number of methoxy groups -OCH3 is 1. The van der Waals surface area contributed by atoms with Crippen LogP contribution in [-0.2, 0) is 4.74 Å². The first-order valence-electron chi connectivity index (χ1n) is 8.19. The molecule has 1 aliphatic heterocycles. The third-order valence-electron chi connectivity index (χ3n) is 5.03. The first-order chi connectivity index (χ1) is 11.2. The molecule has 2 aromatic rings. The van der Waals surface area contributed by atoms with Gasteiger partial charge in [-0.3, -0.25) is 4.79 Å². The van der Waals surface area contributed by atoms with Crippen LogP contribution >= 0.6 is 0 Å². The molecule has 4 rings (SSSR count). The number of benzene rings is 1. The molecule has 5 heteroatoms. The van der Waals surface area contributed by atoms with Gasteiger partial charge in [0.2, 0.25) is 0 Å². The van der Waals surface area contributed by atoms with Gasteiger partial charge >= 0.3 is 0 Å². The van der Waals surface area contributed by atoms with Crippen LogP contribution in [0.1, 0.15) is 35.4 Å². The molecule has 5 nitrogen and oxygen atoms in total. The highest BCUT2D eigenvalue weighted by Crippen LogP contribution is 2.34. The number of carbonyl (C=O) groups excluding carboxylic acids is 1. The highest BCUT2D eigenvalue weighted by molar-refractivity contribution is 6.07. The van der Waals surface area contributed by atoms with Gasteiger partial charge < -0.3 is 18.8 Å². The van der Waals surface area contributed by atoms with Gasteiger partial charge in [-0.2, -0.15) is 0 Å². The fourth-order valence-corrected chi connectivity index (χ4v) is 3.91. The van der Waals surface area contributed by atoms with E-state index in [0.29, 0.717) is 24.5 Å². The minimum atomic E-state index is 0.0507. The van der Waals surface area contributed by atoms with E-state index in [-0.39, 0.29) is 18.1 Å². The van der Waals surface area contributed by atoms with Gasteiger partial charge in [0.25, 0.3) is 5.91 Å². The lowest BCUT2D eigenvalue weighted by molar-refractivity contribution is -0.0445. The molecule has 2 heterocycles. The van der Waals surface area contributed by atoms with E-state index in [9.17, 15) is 4.79 Å². The zero-order valence-corrected chi connectivity index (χ0v) is 13.5. The topological polar surface area (TPSA) is 51.9 Å². The smallest absolute Gasteiger partial charge is 0.258 e. The van der Waals surface area contributed by atoms with Crippen molar-refractivity contribution in [1.29, 1.82) is 0 Å². The number of aryl methyl sites for hydroxylation is 1. The Morgan fingerprint density at radius 1 is 1.35 bits per heavy atom. The molecule has 0 bridgehead atoms. The van der Waals surface area contributed by atoms with Crippen LogP contribution in [0.2, 0.25) is 0 Å². The fourth-order valence-electron chi connectivity index (χ4n) is 3.91. The number of hydrogen-bond donors (Lipinski definition) is 0. The van der Waals surface area contributed by atoms with Crippen molar-refractivity contribution in [1.82, 2.24) is 4.90 Å². The molecular weight excluding hydrogens is 294 g/mol. The molecule has 0 radical (unpaired) electrons. The molecule has 2 fully saturated rings. The lowest BCUT2D eigenvalue weighted by atomic mass is 10.1. The zero-order chi connectivity index (χ0) is 16.0. The number of morpholine rings is 1. The van der Waals surface area contributed by atoms with Gasteiger partial charge in [0.15, 0.2) is 0 Å². The van der Waals surface area contributed by atoms with Crippen molar-refractivity contribution < 1.29 is 18.7 Å². The van der Waals surface area contributed by atoms with Gasteiger partial charge in [0.05, 0.1) is 31.4 Å². The highest BCUT2D eigenvalue weighted by Gasteiger charge is 2.39. The van der Waals surface area contributed by atoms with Gasteiger partial charge in [-0.1, -0.05) is 0 Å². The van der Waals surface area contributed by atoms with E-state index in [1.165, 1.54) is 0 Å². The van der Waals surface area contributed by atoms with E-state index in [4.69, 9.17) is 13.9 Å². The van der Waals surface area contributed by atoms with Crippen LogP contribution in [0.5, 0.6) is 5.75 Å². The summed E-state index contributed by atoms with van der Waals surface area (Å²) < 4.78 is 16.9. The summed E-state index contributed by atoms with van der Waals surface area (Å²) in [5.74, 6) is 1.45. The molecule has 1 amide bonds. The molecule has 1 aliphatic carbocycles. The van der Waals surface area contributed by atoms with E-state index in [1.807, 2.05) is 30.0 Å². The Hall–Kier alpha value is -2.01. The van der Waals surface area contributed by atoms with Gasteiger partial charge in [-0.25, -0.2) is 0 Å². The molecule has 1 saturated heterocycles. The third kappa shape index (κ3) is 2.30. The Bertz CT molecular complexity index is 751. The second-order valence-electron chi connectivity index (χ2n) is 6.30. The largest absolute Gasteiger partial charge is 0.497 e. The summed E-state index contributed by atoms with van der Waals surface area (Å²) in [6, 6.07) is 5.79. The van der Waals surface area contributed by atoms with Crippen molar-refractivity contribution in [2.45, 2.75) is 38.3 Å². The summed E-state index contributed by atoms with van der Waals surface area (Å²) in [6.07, 6.45) is 3.39. The predicted octanol–water partition coefficient (Wildman–Crippen LogP) is 3.14. The summed E-state index contributed by atoms with van der Waals surface area (Å²) in [7, 11) is 1.63. The predicted molar refractivity (Wildman–Crippen MR) is 85.9 cm³/mol. The number of furan rings is 1. The minimum Gasteiger partial charge on any atom is -0.497 e. The molecular formula is C18H21NO4. The van der Waals surface area contributed by atoms with Crippen LogP contribution in [-0.4, -0.2) is 43.2 Å². The first-order valence-corrected chi connectivity index (χ1v) is 8.19. The molecule has 122 valence electrons. The van der Waals surface area contributed by atoms with Crippen molar-refractivity contribution in [3.8, 4) is 5.75 Å². The van der Waals surface area contributed by atoms with Crippen molar-refractivity contribution >= 4 is 16.9 Å². The standard InChI is InChI=1S/C18H21NO4/c1-11-17(13-10-12(21-2)6-7-15(13)23-11)18(20)19-8-9-22-16-5-3-4-14(16)19/h6-7,10,14,16H,3-5,8-9H2,1-2H3/t14-,16-/m0/s1. The van der Waals surface area contributed by atoms with Crippen molar-refractivity contribution in [2.24, 2.45) is 0 Å². The summed E-state index contributed by atoms with van der Waals surface area (Å²) in [4.78, 5) is 15.2. The van der Waals surface area contributed by atoms with Crippen LogP contribution in [0.3, 0.4) is 0 Å². The second kappa shape index (κ2) is 5.57. The number of carbonyl (C=O) groups is 1. The Balaban J connectivity index is 1.75. The average Bonchev–Trinajstić information content (AvgIpc) is 3.16. The zero-order valence-electron chi connectivity index (χ0n) is 13.5. The SMILES string of the molecule is COc1ccc2oc(C)c(C(=O)N3CCO[C@H]4CCC[C@@H]43)c2c1. The summed E-state index contributed by atoms with van der Waals surface area (Å²) in [6.45, 7) is 3.12. The van der Waals surface area contributed by atoms with Crippen molar-refractivity contribution in [2.75, 3.05) is 20.3 Å². The number of fused-ring (bicyclic) bond motifs is 2. The Morgan fingerprint density at radius 2 is 2.22 bits per heavy atom. The third-order valence-corrected chi connectivity index (χ3v) is 5.03. The molecule has 0 spiro atoms. The van der Waals surface area contributed by atoms with Crippen LogP contribution in [0.15, 0.2) is 22.6 Å². The molecule has 2 atom stereocenters. The Morgan fingerprint density at radius 3 is 3.04 bits per heavy atom. The number of ether oxygens (including phenoxy) is 2. The lowest BCUT2D eigenvalue weighted by Gasteiger charge is -2.37. The van der Waals surface area contributed by atoms with Gasteiger partial charge in [0.1, 0.15) is 17.1 Å². The summed E-state index contributed by atoms with van der Waals surface area (Å²) in [5.41, 5.74) is 1.38. The first kappa shape index (κ1) is 14.6. The molecule has 1 aromatic carbocycles. The fraction of sp³-hybridized carbons (Fsp3) is 0.500. The van der Waals surface area contributed by atoms with Gasteiger partial charge in [-0.05, 0) is 44.4 Å². The van der Waals surface area contributed by atoms with E-state index < -0.39 is 0 Å². The molecule has 0 N–H and O–H groups in total. The molecule has 0 unspecified atom stereocenters. The summed E-state index contributed by atoms with van der Waals surface area (Å²) >= 11 is 0. The quantitative estimate of drug-likeness (QED) is 0.854. The van der Waals surface area contributed by atoms with Crippen LogP contribution in [0.4, 0.5) is 0 Å². The number of nitrogens with zero attached hydrogens (tertiary/aromatic N) is 1. The summed E-state index contributed by atoms with van der Waals surface area (Å²) in [5, 5.41) is 0.827. The molecule has 2 aliphatic rings. The van der Waals surface area contributed by atoms with Gasteiger partial charge in [-0.15, -0.1) is 0 Å². The maximum Gasteiger partial charge on any atom is 0.258 e. The highest BCUT2D eigenvalue weighted by atomic mass is 16.5. The van der Waals surface area contributed by atoms with Gasteiger partial charge in [0, 0.05) is 11.9 Å². The minimum absolute atomic E-state index is 0.0507. The van der Waals surface area contributed by atoms with Crippen LogP contribution in [0, 0.1) is 6.92 Å². The van der Waals surface area contributed by atoms with E-state index in [1.54, 1.807) is 7.11 Å². The average molecular weight is 315 g/mol. The van der Waals surface area contributed by atoms with Crippen molar-refractivity contribution in [3.63, 3.8) is 0 Å². The number of amides is 1. The van der Waals surface area contributed by atoms with Crippen LogP contribution in [0.25, 0.3) is 11.0 Å². The van der Waals surface area contributed by atoms with E-state index in [2.05, 4.69) is 0 Å². The monoisotopic (exact) mass is 315 g/mol.